The van der Waals surface area contributed by atoms with E-state index >= 15 is 0 Å². The van der Waals surface area contributed by atoms with Crippen LogP contribution in [0.15, 0.2) is 0 Å². The zero-order chi connectivity index (χ0) is 8.69. The second-order valence-corrected chi connectivity index (χ2v) is 3.63. The lowest BCUT2D eigenvalue weighted by molar-refractivity contribution is -0.460. The van der Waals surface area contributed by atoms with E-state index in [4.69, 9.17) is 0 Å². The minimum absolute atomic E-state index is 0.859. The van der Waals surface area contributed by atoms with Crippen LogP contribution in [-0.4, -0.2) is 24.9 Å². The van der Waals surface area contributed by atoms with Crippen molar-refractivity contribution in [3.8, 4) is 0 Å². The number of rotatable bonds is 5. The van der Waals surface area contributed by atoms with E-state index in [0.717, 1.165) is 5.92 Å². The second-order valence-electron chi connectivity index (χ2n) is 3.63. The summed E-state index contributed by atoms with van der Waals surface area (Å²) in [6.45, 7) is 4.58. The van der Waals surface area contributed by atoms with Crippen molar-refractivity contribution in [1.29, 1.82) is 0 Å². The van der Waals surface area contributed by atoms with Gasteiger partial charge < -0.3 is 0 Å². The van der Waals surface area contributed by atoms with Gasteiger partial charge in [0, 0.05) is 6.42 Å². The summed E-state index contributed by atoms with van der Waals surface area (Å²) >= 11 is 0. The van der Waals surface area contributed by atoms with E-state index in [1.807, 2.05) is 0 Å². The van der Waals surface area contributed by atoms with Crippen LogP contribution in [0, 0.1) is 5.92 Å². The molecule has 0 aliphatic carbocycles. The predicted octanol–water partition coefficient (Wildman–Crippen LogP) is 2.55. The van der Waals surface area contributed by atoms with Gasteiger partial charge in [-0.05, 0) is 5.92 Å². The van der Waals surface area contributed by atoms with Crippen molar-refractivity contribution in [2.24, 2.45) is 5.92 Å². The van der Waals surface area contributed by atoms with E-state index in [-0.39, 0.29) is 0 Å². The Hall–Kier alpha value is -0.330. The first kappa shape index (κ1) is 10.7. The van der Waals surface area contributed by atoms with Crippen LogP contribution in [-0.2, 0) is 0 Å². The third kappa shape index (κ3) is 7.57. The zero-order valence-corrected chi connectivity index (χ0v) is 8.43. The van der Waals surface area contributed by atoms with Crippen LogP contribution in [0.4, 0.5) is 0 Å². The molecule has 0 bridgehead atoms. The van der Waals surface area contributed by atoms with E-state index in [9.17, 15) is 0 Å². The highest BCUT2D eigenvalue weighted by molar-refractivity contribution is 5.51. The van der Waals surface area contributed by atoms with E-state index in [1.165, 1.54) is 25.7 Å². The van der Waals surface area contributed by atoms with E-state index in [2.05, 4.69) is 38.7 Å². The van der Waals surface area contributed by atoms with Gasteiger partial charge in [-0.1, -0.05) is 33.1 Å². The maximum absolute atomic E-state index is 2.33. The highest BCUT2D eigenvalue weighted by Gasteiger charge is 2.00. The van der Waals surface area contributed by atoms with Gasteiger partial charge in [-0.25, -0.2) is 4.58 Å². The van der Waals surface area contributed by atoms with Crippen molar-refractivity contribution in [2.45, 2.75) is 39.5 Å². The molecule has 0 spiro atoms. The van der Waals surface area contributed by atoms with Crippen LogP contribution in [0.1, 0.15) is 39.5 Å². The first-order chi connectivity index (χ1) is 5.16. The van der Waals surface area contributed by atoms with E-state index < -0.39 is 0 Å². The smallest absolute Gasteiger partial charge is 0.139 e. The molecule has 0 saturated carbocycles. The molecule has 0 aromatic rings. The number of hydrogen-bond donors (Lipinski definition) is 0. The molecular formula is C10H22N+. The van der Waals surface area contributed by atoms with Crippen LogP contribution in [0.25, 0.3) is 0 Å². The Morgan fingerprint density at radius 1 is 1.36 bits per heavy atom. The molecule has 0 rings (SSSR count). The van der Waals surface area contributed by atoms with E-state index in [0.29, 0.717) is 0 Å². The summed E-state index contributed by atoms with van der Waals surface area (Å²) in [4.78, 5) is 0. The van der Waals surface area contributed by atoms with Gasteiger partial charge in [-0.2, -0.15) is 0 Å². The van der Waals surface area contributed by atoms with Gasteiger partial charge in [-0.15, -0.1) is 0 Å². The summed E-state index contributed by atoms with van der Waals surface area (Å²) in [6.07, 6.45) is 7.57. The van der Waals surface area contributed by atoms with Crippen LogP contribution in [0.2, 0.25) is 0 Å². The van der Waals surface area contributed by atoms with Crippen molar-refractivity contribution >= 4 is 6.21 Å². The van der Waals surface area contributed by atoms with Crippen LogP contribution in [0.5, 0.6) is 0 Å². The summed E-state index contributed by atoms with van der Waals surface area (Å²) in [6, 6.07) is 0. The molecule has 1 heteroatoms. The summed E-state index contributed by atoms with van der Waals surface area (Å²) in [5, 5.41) is 0. The van der Waals surface area contributed by atoms with Crippen LogP contribution in [0.3, 0.4) is 0 Å². The standard InChI is InChI=1S/C10H22N/c1-5-6-7-10(2)8-9-11(3)4/h9-10H,5-8H2,1-4H3/q+1. The summed E-state index contributed by atoms with van der Waals surface area (Å²) in [5.74, 6) is 0.859. The minimum Gasteiger partial charge on any atom is -0.245 e. The molecular weight excluding hydrogens is 134 g/mol. The monoisotopic (exact) mass is 156 g/mol. The normalized spacial score (nSPS) is 12.7. The Bertz CT molecular complexity index is 112. The average Bonchev–Trinajstić information content (AvgIpc) is 1.97. The van der Waals surface area contributed by atoms with E-state index in [1.54, 1.807) is 0 Å². The Labute approximate surface area is 71.1 Å². The highest BCUT2D eigenvalue weighted by atomic mass is 14.9. The summed E-state index contributed by atoms with van der Waals surface area (Å²) in [5.41, 5.74) is 0. The maximum Gasteiger partial charge on any atom is 0.139 e. The summed E-state index contributed by atoms with van der Waals surface area (Å²) in [7, 11) is 4.18. The van der Waals surface area contributed by atoms with Gasteiger partial charge in [0.05, 0.1) is 0 Å². The van der Waals surface area contributed by atoms with Crippen molar-refractivity contribution < 1.29 is 4.58 Å². The Balaban J connectivity index is 3.36. The Morgan fingerprint density at radius 2 is 2.00 bits per heavy atom. The number of hydrogen-bond acceptors (Lipinski definition) is 0. The third-order valence-electron chi connectivity index (χ3n) is 1.92. The average molecular weight is 156 g/mol. The maximum atomic E-state index is 2.33. The topological polar surface area (TPSA) is 3.01 Å². The molecule has 0 heterocycles. The highest BCUT2D eigenvalue weighted by Crippen LogP contribution is 2.09. The van der Waals surface area contributed by atoms with Gasteiger partial charge in [0.25, 0.3) is 0 Å². The lowest BCUT2D eigenvalue weighted by Gasteiger charge is -2.04. The first-order valence-electron chi connectivity index (χ1n) is 4.66. The third-order valence-corrected chi connectivity index (χ3v) is 1.92. The van der Waals surface area contributed by atoms with Gasteiger partial charge in [0.2, 0.25) is 0 Å². The van der Waals surface area contributed by atoms with Gasteiger partial charge in [0.1, 0.15) is 20.3 Å². The molecule has 0 aromatic heterocycles. The molecule has 0 aromatic carbocycles. The molecule has 0 fully saturated rings. The Kier molecular flexibility index (Phi) is 6.19. The SMILES string of the molecule is CCCCC(C)CC=[N+](C)C. The molecule has 1 unspecified atom stereocenters. The predicted molar refractivity (Wildman–Crippen MR) is 51.5 cm³/mol. The van der Waals surface area contributed by atoms with Crippen molar-refractivity contribution in [2.75, 3.05) is 14.1 Å². The van der Waals surface area contributed by atoms with Crippen molar-refractivity contribution in [3.63, 3.8) is 0 Å². The fourth-order valence-corrected chi connectivity index (χ4v) is 1.06. The Morgan fingerprint density at radius 3 is 2.45 bits per heavy atom. The quantitative estimate of drug-likeness (QED) is 0.425. The molecule has 0 aliphatic rings. The minimum atomic E-state index is 0.859. The molecule has 0 aliphatic heterocycles. The molecule has 11 heavy (non-hydrogen) atoms. The lowest BCUT2D eigenvalue weighted by atomic mass is 10.0. The molecule has 0 N–H and O–H groups in total. The van der Waals surface area contributed by atoms with Gasteiger partial charge >= 0.3 is 0 Å². The molecule has 66 valence electrons. The summed E-state index contributed by atoms with van der Waals surface area (Å²) < 4.78 is 2.14. The zero-order valence-electron chi connectivity index (χ0n) is 8.43. The van der Waals surface area contributed by atoms with Gasteiger partial charge in [-0.3, -0.25) is 0 Å². The molecule has 0 radical (unpaired) electrons. The molecule has 0 amide bonds. The van der Waals surface area contributed by atoms with Crippen molar-refractivity contribution in [3.05, 3.63) is 0 Å². The molecule has 0 saturated heterocycles. The number of nitrogens with zero attached hydrogens (tertiary/aromatic N) is 1. The first-order valence-corrected chi connectivity index (χ1v) is 4.66. The van der Waals surface area contributed by atoms with Crippen LogP contribution >= 0.6 is 0 Å². The fourth-order valence-electron chi connectivity index (χ4n) is 1.06. The fraction of sp³-hybridized carbons (Fsp3) is 0.900. The van der Waals surface area contributed by atoms with Gasteiger partial charge in [0.15, 0.2) is 0 Å². The largest absolute Gasteiger partial charge is 0.245 e. The van der Waals surface area contributed by atoms with Crippen molar-refractivity contribution in [1.82, 2.24) is 0 Å². The van der Waals surface area contributed by atoms with Crippen LogP contribution < -0.4 is 0 Å². The lowest BCUT2D eigenvalue weighted by Crippen LogP contribution is -2.03. The molecule has 1 atom stereocenters. The second kappa shape index (κ2) is 6.38. The molecule has 1 nitrogen and oxygen atoms in total. The number of unbranched alkanes of at least 4 members (excludes halogenated alkanes) is 1.